The van der Waals surface area contributed by atoms with Gasteiger partial charge in [-0.1, -0.05) is 0 Å². The van der Waals surface area contributed by atoms with E-state index in [-0.39, 0.29) is 12.3 Å². The van der Waals surface area contributed by atoms with Crippen molar-refractivity contribution in [2.24, 2.45) is 0 Å². The van der Waals surface area contributed by atoms with Gasteiger partial charge in [0.2, 0.25) is 0 Å². The molecule has 0 amide bonds. The molecule has 0 bridgehead atoms. The number of aryl methyl sites for hydroxylation is 1. The average Bonchev–Trinajstić information content (AvgIpc) is 2.84. The van der Waals surface area contributed by atoms with Crippen LogP contribution < -0.4 is 9.56 Å². The van der Waals surface area contributed by atoms with E-state index in [2.05, 4.69) is 4.72 Å². The molecule has 0 saturated carbocycles. The molecule has 0 unspecified atom stereocenters. The third-order valence-electron chi connectivity index (χ3n) is 3.05. The van der Waals surface area contributed by atoms with Crippen molar-refractivity contribution in [2.45, 2.75) is 12.8 Å². The third kappa shape index (κ3) is 1.90. The van der Waals surface area contributed by atoms with Gasteiger partial charge in [0.1, 0.15) is 5.75 Å². The van der Waals surface area contributed by atoms with Crippen LogP contribution >= 0.6 is 0 Å². The van der Waals surface area contributed by atoms with Crippen molar-refractivity contribution in [3.05, 3.63) is 29.3 Å². The fraction of sp³-hybridized carbons (Fsp3) is 0.364. The summed E-state index contributed by atoms with van der Waals surface area (Å²) < 4.78 is 26.2. The molecule has 0 atom stereocenters. The van der Waals surface area contributed by atoms with Gasteiger partial charge in [-0.25, -0.2) is 0 Å². The van der Waals surface area contributed by atoms with Crippen LogP contribution in [0, 0.1) is 0 Å². The average molecular weight is 268 g/mol. The lowest BCUT2D eigenvalue weighted by atomic mass is 10.1. The van der Waals surface area contributed by atoms with Crippen LogP contribution in [0.3, 0.4) is 0 Å². The maximum absolute atomic E-state index is 11.5. The number of benzene rings is 1. The van der Waals surface area contributed by atoms with Crippen LogP contribution in [0.4, 0.5) is 0 Å². The first-order chi connectivity index (χ1) is 8.56. The van der Waals surface area contributed by atoms with E-state index in [1.54, 1.807) is 18.2 Å². The Morgan fingerprint density at radius 1 is 1.28 bits per heavy atom. The minimum absolute atomic E-state index is 0.131. The Kier molecular flexibility index (Phi) is 2.61. The topological polar surface area (TPSA) is 75.7 Å². The second-order valence-electron chi connectivity index (χ2n) is 4.26. The zero-order valence-electron chi connectivity index (χ0n) is 9.55. The highest BCUT2D eigenvalue weighted by atomic mass is 32.2. The first-order valence-corrected chi connectivity index (χ1v) is 7.12. The Morgan fingerprint density at radius 3 is 2.83 bits per heavy atom. The maximum Gasteiger partial charge on any atom is 0.310 e. The van der Waals surface area contributed by atoms with Gasteiger partial charge in [-0.2, -0.15) is 13.1 Å². The summed E-state index contributed by atoms with van der Waals surface area (Å²) in [5.74, 6) is 0.572. The molecular weight excluding hydrogens is 256 g/mol. The monoisotopic (exact) mass is 268 g/mol. The molecule has 1 aromatic rings. The minimum Gasteiger partial charge on any atom is -0.390 e. The van der Waals surface area contributed by atoms with E-state index < -0.39 is 10.2 Å². The zero-order chi connectivity index (χ0) is 12.8. The molecule has 0 radical (unpaired) electrons. The Balaban J connectivity index is 1.84. The van der Waals surface area contributed by atoms with Gasteiger partial charge in [0.25, 0.3) is 0 Å². The summed E-state index contributed by atoms with van der Waals surface area (Å²) in [5, 5.41) is 0. The molecule has 1 saturated heterocycles. The molecule has 1 aliphatic carbocycles. The summed E-state index contributed by atoms with van der Waals surface area (Å²) in [6, 6.07) is 5.04. The van der Waals surface area contributed by atoms with Gasteiger partial charge in [-0.05, 0) is 34.7 Å². The molecule has 1 N–H and O–H groups in total. The van der Waals surface area contributed by atoms with Crippen LogP contribution in [-0.4, -0.2) is 31.8 Å². The summed E-state index contributed by atoms with van der Waals surface area (Å²) in [7, 11) is -3.52. The molecule has 0 aromatic heterocycles. The molecule has 1 heterocycles. The standard InChI is InChI=1S/C11H12N2O4S/c14-11-4-1-8-7-9(2-3-10(8)11)17-13-6-5-12-18(13,15)16/h2-3,7,12H,1,4-6H2. The minimum atomic E-state index is -3.52. The summed E-state index contributed by atoms with van der Waals surface area (Å²) >= 11 is 0. The predicted octanol–water partition coefficient (Wildman–Crippen LogP) is 0.259. The highest BCUT2D eigenvalue weighted by Gasteiger charge is 2.30. The van der Waals surface area contributed by atoms with Crippen LogP contribution in [-0.2, 0) is 16.6 Å². The van der Waals surface area contributed by atoms with E-state index in [1.807, 2.05) is 0 Å². The molecule has 1 aliphatic heterocycles. The Morgan fingerprint density at radius 2 is 2.11 bits per heavy atom. The van der Waals surface area contributed by atoms with Crippen LogP contribution in [0.15, 0.2) is 18.2 Å². The predicted molar refractivity (Wildman–Crippen MR) is 63.4 cm³/mol. The Labute approximate surface area is 105 Å². The normalized spacial score (nSPS) is 22.1. The Hall–Kier alpha value is -1.44. The van der Waals surface area contributed by atoms with E-state index >= 15 is 0 Å². The van der Waals surface area contributed by atoms with E-state index in [0.29, 0.717) is 30.7 Å². The molecule has 7 heteroatoms. The number of hydrogen-bond donors (Lipinski definition) is 1. The number of Topliss-reactive ketones (excluding diaryl/α,β-unsaturated/α-hetero) is 1. The van der Waals surface area contributed by atoms with Crippen LogP contribution in [0.5, 0.6) is 5.75 Å². The number of nitrogens with zero attached hydrogens (tertiary/aromatic N) is 1. The van der Waals surface area contributed by atoms with Crippen LogP contribution in [0.1, 0.15) is 22.3 Å². The molecule has 6 nitrogen and oxygen atoms in total. The van der Waals surface area contributed by atoms with Crippen LogP contribution in [0.2, 0.25) is 0 Å². The highest BCUT2D eigenvalue weighted by Crippen LogP contribution is 2.27. The summed E-state index contributed by atoms with van der Waals surface area (Å²) in [5.41, 5.74) is 1.63. The van der Waals surface area contributed by atoms with E-state index in [9.17, 15) is 13.2 Å². The smallest absolute Gasteiger partial charge is 0.310 e. The molecule has 3 rings (SSSR count). The molecular formula is C11H12N2O4S. The second kappa shape index (κ2) is 4.04. The number of nitrogens with one attached hydrogen (secondary N) is 1. The molecule has 96 valence electrons. The lowest BCUT2D eigenvalue weighted by Gasteiger charge is -2.14. The van der Waals surface area contributed by atoms with Crippen molar-refractivity contribution in [3.63, 3.8) is 0 Å². The Bertz CT molecular complexity index is 611. The van der Waals surface area contributed by atoms with Crippen molar-refractivity contribution in [2.75, 3.05) is 13.1 Å². The molecule has 0 spiro atoms. The number of carbonyl (C=O) groups is 1. The fourth-order valence-electron chi connectivity index (χ4n) is 2.16. The SMILES string of the molecule is O=C1CCc2cc(ON3CCNS3(=O)=O)ccc21. The van der Waals surface area contributed by atoms with Crippen molar-refractivity contribution in [1.29, 1.82) is 0 Å². The van der Waals surface area contributed by atoms with Gasteiger partial charge in [-0.3, -0.25) is 4.79 Å². The number of hydroxylamine groups is 1. The number of fused-ring (bicyclic) bond motifs is 1. The molecule has 2 aliphatic rings. The summed E-state index contributed by atoms with van der Waals surface area (Å²) in [6.07, 6.45) is 1.21. The number of hydrogen-bond acceptors (Lipinski definition) is 4. The quantitative estimate of drug-likeness (QED) is 0.834. The van der Waals surface area contributed by atoms with Crippen molar-refractivity contribution >= 4 is 16.0 Å². The van der Waals surface area contributed by atoms with Crippen LogP contribution in [0.25, 0.3) is 0 Å². The van der Waals surface area contributed by atoms with Gasteiger partial charge in [0.15, 0.2) is 5.78 Å². The lowest BCUT2D eigenvalue weighted by Crippen LogP contribution is -2.32. The van der Waals surface area contributed by atoms with E-state index in [1.165, 1.54) is 0 Å². The van der Waals surface area contributed by atoms with Gasteiger partial charge in [-0.15, -0.1) is 0 Å². The van der Waals surface area contributed by atoms with E-state index in [0.717, 1.165) is 10.0 Å². The number of rotatable bonds is 2. The first kappa shape index (κ1) is 11.6. The first-order valence-electron chi connectivity index (χ1n) is 5.68. The van der Waals surface area contributed by atoms with Crippen molar-refractivity contribution in [1.82, 2.24) is 9.19 Å². The van der Waals surface area contributed by atoms with Crippen molar-refractivity contribution in [3.8, 4) is 5.75 Å². The summed E-state index contributed by atoms with van der Waals surface area (Å²) in [4.78, 5) is 16.8. The molecule has 18 heavy (non-hydrogen) atoms. The lowest BCUT2D eigenvalue weighted by molar-refractivity contribution is 0.0487. The largest absolute Gasteiger partial charge is 0.390 e. The third-order valence-corrected chi connectivity index (χ3v) is 4.41. The molecule has 1 aromatic carbocycles. The number of carbonyl (C=O) groups excluding carboxylic acids is 1. The molecule has 1 fully saturated rings. The van der Waals surface area contributed by atoms with Gasteiger partial charge in [0.05, 0.1) is 6.54 Å². The summed E-state index contributed by atoms with van der Waals surface area (Å²) in [6.45, 7) is 0.615. The van der Waals surface area contributed by atoms with E-state index in [4.69, 9.17) is 4.84 Å². The van der Waals surface area contributed by atoms with Gasteiger partial charge < -0.3 is 4.84 Å². The highest BCUT2D eigenvalue weighted by molar-refractivity contribution is 7.87. The number of ketones is 1. The van der Waals surface area contributed by atoms with Gasteiger partial charge in [0, 0.05) is 18.5 Å². The van der Waals surface area contributed by atoms with Crippen molar-refractivity contribution < 1.29 is 18.0 Å². The fourth-order valence-corrected chi connectivity index (χ4v) is 3.17. The van der Waals surface area contributed by atoms with Gasteiger partial charge >= 0.3 is 10.2 Å². The second-order valence-corrected chi connectivity index (χ2v) is 5.91. The maximum atomic E-state index is 11.5. The zero-order valence-corrected chi connectivity index (χ0v) is 10.4.